The Morgan fingerprint density at radius 3 is 1.80 bits per heavy atom. The number of aryl methyl sites for hydroxylation is 2. The highest BCUT2D eigenvalue weighted by Crippen LogP contribution is 2.30. The molecule has 0 spiro atoms. The maximum absolute atomic E-state index is 12.6. The molecule has 4 aromatic heterocycles. The number of hydrogen-bond acceptors (Lipinski definition) is 5. The summed E-state index contributed by atoms with van der Waals surface area (Å²) >= 11 is 12.2. The summed E-state index contributed by atoms with van der Waals surface area (Å²) < 4.78 is 3.97. The second-order valence-electron chi connectivity index (χ2n) is 14.7. The van der Waals surface area contributed by atoms with Crippen LogP contribution < -0.4 is 0 Å². The van der Waals surface area contributed by atoms with Gasteiger partial charge in [0.2, 0.25) is 11.8 Å². The van der Waals surface area contributed by atoms with E-state index in [9.17, 15) is 9.59 Å². The van der Waals surface area contributed by atoms with Crippen LogP contribution in [0.2, 0.25) is 10.0 Å². The average Bonchev–Trinajstić information content (AvgIpc) is 3.94. The van der Waals surface area contributed by atoms with E-state index in [4.69, 9.17) is 33.3 Å². The first-order valence-corrected chi connectivity index (χ1v) is 19.9. The molecule has 2 aromatic carbocycles. The molecule has 0 saturated carbocycles. The summed E-state index contributed by atoms with van der Waals surface area (Å²) in [7, 11) is 0. The third-order valence-electron chi connectivity index (χ3n) is 10.3. The summed E-state index contributed by atoms with van der Waals surface area (Å²) in [6.45, 7) is 10.5. The van der Waals surface area contributed by atoms with Crippen LogP contribution in [0.25, 0.3) is 33.8 Å². The maximum atomic E-state index is 12.6. The number of likely N-dealkylation sites (tertiary alicyclic amines) is 2. The highest BCUT2D eigenvalue weighted by atomic mass is 35.5. The highest BCUT2D eigenvalue weighted by Gasteiger charge is 2.31. The largest absolute Gasteiger partial charge is 0.376 e. The van der Waals surface area contributed by atoms with Gasteiger partial charge in [-0.1, -0.05) is 110 Å². The molecule has 2 amide bonds. The molecule has 55 heavy (non-hydrogen) atoms. The number of hydrogen-bond donors (Lipinski definition) is 1. The van der Waals surface area contributed by atoms with E-state index in [1.165, 1.54) is 16.0 Å². The Bertz CT molecular complexity index is 2230. The fourth-order valence-electron chi connectivity index (χ4n) is 7.37. The molecule has 2 unspecified atom stereocenters. The van der Waals surface area contributed by atoms with Crippen molar-refractivity contribution in [1.82, 2.24) is 28.6 Å². The molecule has 2 saturated heterocycles. The number of rotatable bonds is 9. The van der Waals surface area contributed by atoms with Gasteiger partial charge in [0, 0.05) is 55.6 Å². The van der Waals surface area contributed by atoms with Gasteiger partial charge in [-0.15, -0.1) is 0 Å². The van der Waals surface area contributed by atoms with Crippen LogP contribution >= 0.6 is 23.2 Å². The van der Waals surface area contributed by atoms with Gasteiger partial charge in [-0.25, -0.2) is 9.97 Å². The number of aliphatic hydroxyl groups is 1. The number of carbonyl (C=O) groups is 2. The number of carbonyl (C=O) groups excluding carboxylic acids is 2. The molecule has 8 rings (SSSR count). The molecule has 0 aliphatic carbocycles. The second-order valence-corrected chi connectivity index (χ2v) is 15.6. The third kappa shape index (κ3) is 9.95. The van der Waals surface area contributed by atoms with E-state index in [1.54, 1.807) is 0 Å². The van der Waals surface area contributed by atoms with Crippen molar-refractivity contribution in [1.29, 1.82) is 0 Å². The zero-order valence-electron chi connectivity index (χ0n) is 32.1. The molecule has 2 aliphatic heterocycles. The first kappa shape index (κ1) is 40.0. The summed E-state index contributed by atoms with van der Waals surface area (Å²) in [4.78, 5) is 36.5. The summed E-state index contributed by atoms with van der Waals surface area (Å²) in [5.74, 6) is 1.29. The van der Waals surface area contributed by atoms with Crippen LogP contribution in [0.1, 0.15) is 69.2 Å². The Hall–Kier alpha value is -4.70. The van der Waals surface area contributed by atoms with E-state index >= 15 is 0 Å². The molecule has 6 aromatic rings. The Labute approximate surface area is 333 Å². The van der Waals surface area contributed by atoms with E-state index in [0.717, 1.165) is 78.3 Å². The summed E-state index contributed by atoms with van der Waals surface area (Å²) in [6, 6.07) is 24.3. The molecule has 0 radical (unpaired) electrons. The summed E-state index contributed by atoms with van der Waals surface area (Å²) in [5.41, 5.74) is 9.30. The van der Waals surface area contributed by atoms with Crippen LogP contribution in [0.4, 0.5) is 0 Å². The number of pyridine rings is 2. The van der Waals surface area contributed by atoms with E-state index in [1.807, 2.05) is 56.6 Å². The minimum atomic E-state index is -0.112. The number of aliphatic hydroxyl groups excluding tert-OH is 1. The van der Waals surface area contributed by atoms with Gasteiger partial charge in [-0.3, -0.25) is 9.59 Å². The lowest BCUT2D eigenvalue weighted by atomic mass is 10.0. The molecule has 0 bridgehead atoms. The Morgan fingerprint density at radius 2 is 1.22 bits per heavy atom. The van der Waals surface area contributed by atoms with Crippen LogP contribution in [0.5, 0.6) is 0 Å². The van der Waals surface area contributed by atoms with Crippen LogP contribution in [0.3, 0.4) is 0 Å². The van der Waals surface area contributed by atoms with Crippen molar-refractivity contribution in [2.75, 3.05) is 19.8 Å². The molecular weight excluding hydrogens is 731 g/mol. The number of imidazole rings is 2. The fourth-order valence-corrected chi connectivity index (χ4v) is 7.70. The first-order chi connectivity index (χ1) is 26.5. The van der Waals surface area contributed by atoms with Gasteiger partial charge in [0.05, 0.1) is 33.7 Å². The van der Waals surface area contributed by atoms with Gasteiger partial charge in [-0.2, -0.15) is 0 Å². The van der Waals surface area contributed by atoms with Crippen LogP contribution in [0, 0.1) is 25.7 Å². The maximum Gasteiger partial charge on any atom is 0.224 e. The van der Waals surface area contributed by atoms with E-state index in [0.29, 0.717) is 41.3 Å². The molecule has 2 aliphatic rings. The van der Waals surface area contributed by atoms with Gasteiger partial charge < -0.3 is 23.7 Å². The van der Waals surface area contributed by atoms with Gasteiger partial charge in [0.1, 0.15) is 18.0 Å². The van der Waals surface area contributed by atoms with Crippen molar-refractivity contribution in [2.45, 2.75) is 72.8 Å². The summed E-state index contributed by atoms with van der Waals surface area (Å²) in [5, 5.41) is 10.1. The predicted octanol–water partition coefficient (Wildman–Crippen LogP) is 9.66. The van der Waals surface area contributed by atoms with Crippen LogP contribution in [-0.2, 0) is 16.1 Å². The number of nitrogens with zero attached hydrogens (tertiary/aromatic N) is 6. The third-order valence-corrected chi connectivity index (χ3v) is 10.7. The van der Waals surface area contributed by atoms with Gasteiger partial charge in [-0.05, 0) is 62.8 Å². The predicted molar refractivity (Wildman–Crippen MR) is 221 cm³/mol. The Balaban J connectivity index is 0.000000156. The second kappa shape index (κ2) is 18.3. The molecule has 2 atom stereocenters. The van der Waals surface area contributed by atoms with E-state index in [-0.39, 0.29) is 18.5 Å². The Morgan fingerprint density at radius 1 is 0.673 bits per heavy atom. The zero-order valence-corrected chi connectivity index (χ0v) is 33.6. The fraction of sp³-hybridized carbons (Fsp3) is 0.364. The number of aromatic nitrogens is 4. The van der Waals surface area contributed by atoms with Crippen LogP contribution in [-0.4, -0.2) is 65.3 Å². The molecular formula is C44H50Cl2N6O3. The highest BCUT2D eigenvalue weighted by molar-refractivity contribution is 6.30. The van der Waals surface area contributed by atoms with Gasteiger partial charge in [0.25, 0.3) is 0 Å². The van der Waals surface area contributed by atoms with E-state index < -0.39 is 0 Å². The van der Waals surface area contributed by atoms with Crippen molar-refractivity contribution in [3.05, 3.63) is 118 Å². The van der Waals surface area contributed by atoms with Crippen molar-refractivity contribution < 1.29 is 14.7 Å². The monoisotopic (exact) mass is 780 g/mol. The lowest BCUT2D eigenvalue weighted by Crippen LogP contribution is -2.25. The number of halogens is 2. The lowest BCUT2D eigenvalue weighted by Gasteiger charge is -2.17. The normalized spacial score (nSPS) is 16.8. The quantitative estimate of drug-likeness (QED) is 0.158. The number of amides is 2. The molecule has 288 valence electrons. The number of benzene rings is 2. The molecule has 6 heterocycles. The first-order valence-electron chi connectivity index (χ1n) is 19.2. The SMILES string of the molecule is CCCC1CC(=O)N(CO)C1.CCCC1CC(=O)N(Cc2c(-c3ccc(C)cc3)nc3ccc(Cl)cn23)C1.Cc1ccc(-c2cn3cc(Cl)ccc3n2)cc1. The molecule has 1 N–H and O–H groups in total. The van der Waals surface area contributed by atoms with Crippen molar-refractivity contribution >= 4 is 46.3 Å². The molecule has 2 fully saturated rings. The Kier molecular flexibility index (Phi) is 13.3. The molecule has 9 nitrogen and oxygen atoms in total. The minimum Gasteiger partial charge on any atom is -0.376 e. The topological polar surface area (TPSA) is 95.5 Å². The average molecular weight is 782 g/mol. The number of fused-ring (bicyclic) bond motifs is 2. The van der Waals surface area contributed by atoms with E-state index in [2.05, 4.69) is 81.2 Å². The zero-order chi connectivity index (χ0) is 39.1. The van der Waals surface area contributed by atoms with Gasteiger partial charge >= 0.3 is 0 Å². The van der Waals surface area contributed by atoms with Crippen molar-refractivity contribution in [3.63, 3.8) is 0 Å². The smallest absolute Gasteiger partial charge is 0.224 e. The minimum absolute atomic E-state index is 0.103. The van der Waals surface area contributed by atoms with Crippen molar-refractivity contribution in [3.8, 4) is 22.5 Å². The molecule has 11 heteroatoms. The van der Waals surface area contributed by atoms with Crippen molar-refractivity contribution in [2.24, 2.45) is 11.8 Å². The summed E-state index contributed by atoms with van der Waals surface area (Å²) in [6.07, 6.45) is 11.5. The lowest BCUT2D eigenvalue weighted by molar-refractivity contribution is -0.131. The van der Waals surface area contributed by atoms with Crippen LogP contribution in [0.15, 0.2) is 91.4 Å². The van der Waals surface area contributed by atoms with Gasteiger partial charge in [0.15, 0.2) is 0 Å². The standard InChI is InChI=1S/C22H24ClN3O.C14H11ClN2.C8H15NO2/c1-3-4-16-11-21(27)25(12-16)14-19-22(17-7-5-15(2)6-8-17)24-20-10-9-18(23)13-26(19)20;1-10-2-4-11(5-3-10)13-9-17-8-12(15)6-7-14(17)16-13;1-2-3-7-4-8(11)9(5-7)6-10/h5-10,13,16H,3-4,11-12,14H2,1-2H3;2-9H,1H3;7,10H,2-6H2,1H3.